The fourth-order valence-electron chi connectivity index (χ4n) is 3.99. The van der Waals surface area contributed by atoms with Crippen LogP contribution in [0.15, 0.2) is 17.8 Å². The van der Waals surface area contributed by atoms with E-state index >= 15 is 0 Å². The largest absolute Gasteiger partial charge is 0.481 e. The van der Waals surface area contributed by atoms with Crippen LogP contribution in [0.25, 0.3) is 10.6 Å². The predicted octanol–water partition coefficient (Wildman–Crippen LogP) is 1.87. The zero-order chi connectivity index (χ0) is 16.9. The van der Waals surface area contributed by atoms with Gasteiger partial charge in [-0.05, 0) is 18.8 Å². The number of hydrogen-bond acceptors (Lipinski definition) is 5. The summed E-state index contributed by atoms with van der Waals surface area (Å²) in [4.78, 5) is 30.6. The van der Waals surface area contributed by atoms with Crippen LogP contribution in [0, 0.1) is 11.3 Å². The first-order valence-electron chi connectivity index (χ1n) is 7.97. The zero-order valence-electron chi connectivity index (χ0n) is 13.3. The van der Waals surface area contributed by atoms with Crippen LogP contribution in [0.5, 0.6) is 0 Å². The summed E-state index contributed by atoms with van der Waals surface area (Å²) >= 11 is 1.40. The summed E-state index contributed by atoms with van der Waals surface area (Å²) in [5, 5.41) is 16.2. The van der Waals surface area contributed by atoms with Crippen molar-refractivity contribution in [1.29, 1.82) is 0 Å². The van der Waals surface area contributed by atoms with Gasteiger partial charge in [-0.25, -0.2) is 4.98 Å². The van der Waals surface area contributed by atoms with Crippen molar-refractivity contribution in [2.45, 2.75) is 19.3 Å². The molecule has 2 aromatic rings. The lowest BCUT2D eigenvalue weighted by Gasteiger charge is -2.23. The Morgan fingerprint density at radius 3 is 2.96 bits per heavy atom. The van der Waals surface area contributed by atoms with E-state index in [0.29, 0.717) is 25.2 Å². The van der Waals surface area contributed by atoms with Gasteiger partial charge in [0.05, 0.1) is 11.6 Å². The van der Waals surface area contributed by atoms with Gasteiger partial charge in [0.1, 0.15) is 10.7 Å². The Hall–Kier alpha value is -2.22. The Morgan fingerprint density at radius 1 is 1.46 bits per heavy atom. The van der Waals surface area contributed by atoms with Crippen LogP contribution < -0.4 is 0 Å². The second kappa shape index (κ2) is 5.41. The van der Waals surface area contributed by atoms with Crippen molar-refractivity contribution in [2.24, 2.45) is 18.4 Å². The van der Waals surface area contributed by atoms with Crippen LogP contribution in [0.3, 0.4) is 0 Å². The molecule has 2 fully saturated rings. The molecule has 1 aliphatic heterocycles. The summed E-state index contributed by atoms with van der Waals surface area (Å²) in [7, 11) is 1.83. The molecular weight excluding hydrogens is 328 g/mol. The smallest absolute Gasteiger partial charge is 0.311 e. The van der Waals surface area contributed by atoms with E-state index in [1.807, 2.05) is 13.2 Å². The van der Waals surface area contributed by atoms with Crippen LogP contribution in [-0.4, -0.2) is 49.7 Å². The van der Waals surface area contributed by atoms with Crippen molar-refractivity contribution in [3.8, 4) is 10.6 Å². The van der Waals surface area contributed by atoms with Crippen molar-refractivity contribution >= 4 is 23.2 Å². The zero-order valence-corrected chi connectivity index (χ0v) is 14.1. The van der Waals surface area contributed by atoms with Gasteiger partial charge in [-0.1, -0.05) is 6.42 Å². The molecule has 0 spiro atoms. The maximum Gasteiger partial charge on any atom is 0.311 e. The van der Waals surface area contributed by atoms with E-state index in [1.165, 1.54) is 11.3 Å². The molecule has 1 saturated carbocycles. The van der Waals surface area contributed by atoms with Gasteiger partial charge in [0.25, 0.3) is 5.91 Å². The van der Waals surface area contributed by atoms with Crippen LogP contribution in [0.2, 0.25) is 0 Å². The Kier molecular flexibility index (Phi) is 3.45. The molecular formula is C16H18N4O3S. The second-order valence-electron chi connectivity index (χ2n) is 6.68. The molecule has 0 bridgehead atoms. The minimum Gasteiger partial charge on any atom is -0.481 e. The van der Waals surface area contributed by atoms with E-state index in [2.05, 4.69) is 10.1 Å². The van der Waals surface area contributed by atoms with Gasteiger partial charge in [0, 0.05) is 37.3 Å². The monoisotopic (exact) mass is 346 g/mol. The molecule has 0 aromatic carbocycles. The number of thiazole rings is 1. The van der Waals surface area contributed by atoms with E-state index < -0.39 is 11.4 Å². The highest BCUT2D eigenvalue weighted by Gasteiger charge is 2.55. The molecule has 0 unspecified atom stereocenters. The highest BCUT2D eigenvalue weighted by molar-refractivity contribution is 7.13. The fraction of sp³-hybridized carbons (Fsp3) is 0.500. The van der Waals surface area contributed by atoms with Crippen molar-refractivity contribution < 1.29 is 14.7 Å². The molecule has 2 atom stereocenters. The van der Waals surface area contributed by atoms with Crippen LogP contribution >= 0.6 is 11.3 Å². The molecule has 2 aliphatic rings. The predicted molar refractivity (Wildman–Crippen MR) is 87.6 cm³/mol. The average Bonchev–Trinajstić information content (AvgIpc) is 3.28. The topological polar surface area (TPSA) is 88.3 Å². The molecule has 1 N–H and O–H groups in total. The van der Waals surface area contributed by atoms with Gasteiger partial charge >= 0.3 is 5.97 Å². The van der Waals surface area contributed by atoms with Gasteiger partial charge in [0.15, 0.2) is 0 Å². The van der Waals surface area contributed by atoms with E-state index in [0.717, 1.165) is 23.4 Å². The molecule has 126 valence electrons. The molecule has 24 heavy (non-hydrogen) atoms. The van der Waals surface area contributed by atoms with Crippen molar-refractivity contribution in [2.75, 3.05) is 13.1 Å². The van der Waals surface area contributed by atoms with Gasteiger partial charge in [0.2, 0.25) is 0 Å². The summed E-state index contributed by atoms with van der Waals surface area (Å²) < 4.78 is 1.69. The molecule has 1 saturated heterocycles. The third-order valence-corrected chi connectivity index (χ3v) is 6.15. The van der Waals surface area contributed by atoms with Gasteiger partial charge in [-0.2, -0.15) is 5.10 Å². The number of nitrogens with zero attached hydrogens (tertiary/aromatic N) is 4. The van der Waals surface area contributed by atoms with E-state index in [1.54, 1.807) is 21.2 Å². The number of carboxylic acid groups (broad SMARTS) is 1. The standard InChI is InChI=1S/C16H18N4O3S/c1-19-6-10(5-17-19)13-18-12(8-24-13)14(21)20-7-11-3-2-4-16(11,9-20)15(22)23/h5-6,8,11H,2-4,7,9H2,1H3,(H,22,23)/t11-,16+/m0/s1. The normalized spacial score (nSPS) is 25.9. The number of likely N-dealkylation sites (tertiary alicyclic amines) is 1. The summed E-state index contributed by atoms with van der Waals surface area (Å²) in [6, 6.07) is 0. The van der Waals surface area contributed by atoms with Crippen molar-refractivity contribution in [3.63, 3.8) is 0 Å². The number of carbonyl (C=O) groups is 2. The van der Waals surface area contributed by atoms with E-state index in [4.69, 9.17) is 0 Å². The lowest BCUT2D eigenvalue weighted by Crippen LogP contribution is -2.37. The number of hydrogen-bond donors (Lipinski definition) is 1. The molecule has 4 rings (SSSR count). The molecule has 1 amide bonds. The third-order valence-electron chi connectivity index (χ3n) is 5.26. The van der Waals surface area contributed by atoms with Gasteiger partial charge < -0.3 is 10.0 Å². The lowest BCUT2D eigenvalue weighted by molar-refractivity contribution is -0.149. The third kappa shape index (κ3) is 2.24. The first kappa shape index (κ1) is 15.3. The molecule has 3 heterocycles. The van der Waals surface area contributed by atoms with Crippen LogP contribution in [-0.2, 0) is 11.8 Å². The van der Waals surface area contributed by atoms with Crippen molar-refractivity contribution in [1.82, 2.24) is 19.7 Å². The number of rotatable bonds is 3. The van der Waals surface area contributed by atoms with Gasteiger partial charge in [-0.15, -0.1) is 11.3 Å². The highest BCUT2D eigenvalue weighted by Crippen LogP contribution is 2.49. The average molecular weight is 346 g/mol. The van der Waals surface area contributed by atoms with Crippen molar-refractivity contribution in [3.05, 3.63) is 23.5 Å². The Labute approximate surface area is 142 Å². The number of aliphatic carboxylic acids is 1. The Bertz CT molecular complexity index is 814. The highest BCUT2D eigenvalue weighted by atomic mass is 32.1. The SMILES string of the molecule is Cn1cc(-c2nc(C(=O)N3C[C@@H]4CCC[C@@]4(C(=O)O)C3)cs2)cn1. The number of fused-ring (bicyclic) bond motifs is 1. The number of carbonyl (C=O) groups excluding carboxylic acids is 1. The molecule has 2 aromatic heterocycles. The van der Waals surface area contributed by atoms with Crippen LogP contribution in [0.1, 0.15) is 29.8 Å². The Morgan fingerprint density at radius 2 is 2.29 bits per heavy atom. The number of carboxylic acids is 1. The maximum absolute atomic E-state index is 12.7. The van der Waals surface area contributed by atoms with E-state index in [9.17, 15) is 14.7 Å². The van der Waals surface area contributed by atoms with Crippen LogP contribution in [0.4, 0.5) is 0 Å². The first-order chi connectivity index (χ1) is 11.5. The maximum atomic E-state index is 12.7. The molecule has 0 radical (unpaired) electrons. The number of aryl methyl sites for hydroxylation is 1. The quantitative estimate of drug-likeness (QED) is 0.916. The lowest BCUT2D eigenvalue weighted by atomic mass is 9.81. The van der Waals surface area contributed by atoms with Gasteiger partial charge in [-0.3, -0.25) is 14.3 Å². The fourth-order valence-corrected chi connectivity index (χ4v) is 4.76. The molecule has 7 nitrogen and oxygen atoms in total. The summed E-state index contributed by atoms with van der Waals surface area (Å²) in [5.74, 6) is -0.874. The minimum atomic E-state index is -0.769. The Balaban J connectivity index is 1.55. The summed E-state index contributed by atoms with van der Waals surface area (Å²) in [6.07, 6.45) is 6.04. The van der Waals surface area contributed by atoms with E-state index in [-0.39, 0.29) is 11.8 Å². The minimum absolute atomic E-state index is 0.0652. The number of aromatic nitrogens is 3. The second-order valence-corrected chi connectivity index (χ2v) is 7.53. The summed E-state index contributed by atoms with van der Waals surface area (Å²) in [6.45, 7) is 0.816. The molecule has 1 aliphatic carbocycles. The summed E-state index contributed by atoms with van der Waals surface area (Å²) in [5.41, 5.74) is 0.513. The number of amides is 1. The first-order valence-corrected chi connectivity index (χ1v) is 8.85. The molecule has 8 heteroatoms.